The standard InChI is InChI=1S/C17H28N4O3/c1-11-9-18-8-6-13(11)19-14(22)10-21-15(23)17(20-16(21)24)7-4-3-5-12(17)2/h11-13,18H,3-10H2,1-2H3,(H,19,22)(H,20,24). The van der Waals surface area contributed by atoms with Gasteiger partial charge in [-0.15, -0.1) is 0 Å². The lowest BCUT2D eigenvalue weighted by Crippen LogP contribution is -2.54. The number of carbonyl (C=O) groups is 3. The molecular formula is C17H28N4O3. The Bertz CT molecular complexity index is 538. The topological polar surface area (TPSA) is 90.5 Å². The molecule has 24 heavy (non-hydrogen) atoms. The fourth-order valence-corrected chi connectivity index (χ4v) is 4.26. The van der Waals surface area contributed by atoms with Crippen LogP contribution < -0.4 is 16.0 Å². The second-order valence-corrected chi connectivity index (χ2v) is 7.58. The summed E-state index contributed by atoms with van der Waals surface area (Å²) < 4.78 is 0. The zero-order chi connectivity index (χ0) is 17.3. The number of hydrogen-bond donors (Lipinski definition) is 3. The van der Waals surface area contributed by atoms with Crippen molar-refractivity contribution in [3.63, 3.8) is 0 Å². The Morgan fingerprint density at radius 1 is 1.29 bits per heavy atom. The molecule has 4 atom stereocenters. The van der Waals surface area contributed by atoms with Gasteiger partial charge in [-0.3, -0.25) is 14.5 Å². The Hall–Kier alpha value is -1.63. The monoisotopic (exact) mass is 336 g/mol. The summed E-state index contributed by atoms with van der Waals surface area (Å²) in [7, 11) is 0. The van der Waals surface area contributed by atoms with E-state index in [4.69, 9.17) is 0 Å². The van der Waals surface area contributed by atoms with Crippen LogP contribution >= 0.6 is 0 Å². The minimum atomic E-state index is -0.794. The molecule has 0 bridgehead atoms. The molecule has 1 spiro atoms. The highest BCUT2D eigenvalue weighted by Gasteiger charge is 2.55. The molecule has 3 rings (SSSR count). The van der Waals surface area contributed by atoms with Crippen LogP contribution in [-0.2, 0) is 9.59 Å². The number of hydrogen-bond acceptors (Lipinski definition) is 4. The highest BCUT2D eigenvalue weighted by Crippen LogP contribution is 2.38. The second-order valence-electron chi connectivity index (χ2n) is 7.58. The van der Waals surface area contributed by atoms with Crippen LogP contribution in [0.4, 0.5) is 4.79 Å². The molecule has 1 aliphatic carbocycles. The van der Waals surface area contributed by atoms with Crippen molar-refractivity contribution in [3.8, 4) is 0 Å². The van der Waals surface area contributed by atoms with Crippen LogP contribution in [0.3, 0.4) is 0 Å². The van der Waals surface area contributed by atoms with E-state index in [1.54, 1.807) is 0 Å². The number of amides is 4. The van der Waals surface area contributed by atoms with Crippen LogP contribution in [-0.4, -0.2) is 54.0 Å². The number of piperidine rings is 1. The number of rotatable bonds is 3. The lowest BCUT2D eigenvalue weighted by molar-refractivity contribution is -0.137. The van der Waals surface area contributed by atoms with Gasteiger partial charge in [-0.05, 0) is 44.2 Å². The van der Waals surface area contributed by atoms with Gasteiger partial charge >= 0.3 is 6.03 Å². The first kappa shape index (κ1) is 17.2. The highest BCUT2D eigenvalue weighted by atomic mass is 16.2. The quantitative estimate of drug-likeness (QED) is 0.658. The van der Waals surface area contributed by atoms with E-state index in [1.165, 1.54) is 0 Å². The largest absolute Gasteiger partial charge is 0.351 e. The fraction of sp³-hybridized carbons (Fsp3) is 0.824. The summed E-state index contributed by atoms with van der Waals surface area (Å²) in [5.41, 5.74) is -0.794. The van der Waals surface area contributed by atoms with E-state index in [0.29, 0.717) is 12.3 Å². The van der Waals surface area contributed by atoms with Gasteiger partial charge in [0.05, 0.1) is 0 Å². The number of imide groups is 1. The molecule has 7 nitrogen and oxygen atoms in total. The van der Waals surface area contributed by atoms with Gasteiger partial charge in [0, 0.05) is 6.04 Å². The third-order valence-electron chi connectivity index (χ3n) is 5.93. The first-order valence-corrected chi connectivity index (χ1v) is 9.08. The van der Waals surface area contributed by atoms with Gasteiger partial charge in [-0.1, -0.05) is 26.7 Å². The van der Waals surface area contributed by atoms with E-state index < -0.39 is 11.6 Å². The smallest absolute Gasteiger partial charge is 0.325 e. The summed E-state index contributed by atoms with van der Waals surface area (Å²) in [5.74, 6) is -0.0262. The summed E-state index contributed by atoms with van der Waals surface area (Å²) in [6.07, 6.45) is 4.48. The van der Waals surface area contributed by atoms with E-state index in [-0.39, 0.29) is 30.3 Å². The summed E-state index contributed by atoms with van der Waals surface area (Å²) in [6.45, 7) is 5.66. The molecule has 2 aliphatic heterocycles. The van der Waals surface area contributed by atoms with Crippen molar-refractivity contribution < 1.29 is 14.4 Å². The van der Waals surface area contributed by atoms with Crippen molar-refractivity contribution in [1.29, 1.82) is 0 Å². The minimum absolute atomic E-state index is 0.0991. The maximum Gasteiger partial charge on any atom is 0.325 e. The molecule has 3 fully saturated rings. The van der Waals surface area contributed by atoms with Gasteiger partial charge in [0.25, 0.3) is 5.91 Å². The molecule has 0 aromatic rings. The SMILES string of the molecule is CC1CNCCC1NC(=O)CN1C(=O)NC2(CCCCC2C)C1=O. The zero-order valence-corrected chi connectivity index (χ0v) is 14.6. The van der Waals surface area contributed by atoms with Crippen molar-refractivity contribution in [2.24, 2.45) is 11.8 Å². The molecule has 4 unspecified atom stereocenters. The molecule has 2 heterocycles. The maximum atomic E-state index is 12.8. The van der Waals surface area contributed by atoms with Gasteiger partial charge in [0.2, 0.25) is 5.91 Å². The molecule has 0 radical (unpaired) electrons. The zero-order valence-electron chi connectivity index (χ0n) is 14.6. The second kappa shape index (κ2) is 6.70. The maximum absolute atomic E-state index is 12.8. The first-order valence-electron chi connectivity index (χ1n) is 9.08. The molecular weight excluding hydrogens is 308 g/mol. The molecule has 7 heteroatoms. The number of urea groups is 1. The van der Waals surface area contributed by atoms with Gasteiger partial charge < -0.3 is 16.0 Å². The van der Waals surface area contributed by atoms with E-state index in [9.17, 15) is 14.4 Å². The fourth-order valence-electron chi connectivity index (χ4n) is 4.26. The van der Waals surface area contributed by atoms with E-state index in [2.05, 4.69) is 22.9 Å². The molecule has 134 valence electrons. The van der Waals surface area contributed by atoms with E-state index >= 15 is 0 Å². The Labute approximate surface area is 142 Å². The normalized spacial score (nSPS) is 36.8. The number of nitrogens with zero attached hydrogens (tertiary/aromatic N) is 1. The van der Waals surface area contributed by atoms with Crippen LogP contribution in [0.15, 0.2) is 0 Å². The average Bonchev–Trinajstić information content (AvgIpc) is 2.78. The van der Waals surface area contributed by atoms with Gasteiger partial charge in [0.1, 0.15) is 12.1 Å². The van der Waals surface area contributed by atoms with Crippen molar-refractivity contribution >= 4 is 17.8 Å². The van der Waals surface area contributed by atoms with Crippen LogP contribution in [0.25, 0.3) is 0 Å². The Morgan fingerprint density at radius 3 is 2.79 bits per heavy atom. The summed E-state index contributed by atoms with van der Waals surface area (Å²) >= 11 is 0. The molecule has 3 N–H and O–H groups in total. The Balaban J connectivity index is 1.63. The van der Waals surface area contributed by atoms with Crippen LogP contribution in [0.5, 0.6) is 0 Å². The minimum Gasteiger partial charge on any atom is -0.351 e. The average molecular weight is 336 g/mol. The number of nitrogens with one attached hydrogen (secondary N) is 3. The number of carbonyl (C=O) groups excluding carboxylic acids is 3. The van der Waals surface area contributed by atoms with Crippen molar-refractivity contribution in [2.75, 3.05) is 19.6 Å². The first-order chi connectivity index (χ1) is 11.4. The molecule has 0 aromatic carbocycles. The van der Waals surface area contributed by atoms with E-state index in [0.717, 1.165) is 43.7 Å². The third kappa shape index (κ3) is 3.01. The Kier molecular flexibility index (Phi) is 4.80. The van der Waals surface area contributed by atoms with Gasteiger partial charge in [-0.2, -0.15) is 0 Å². The van der Waals surface area contributed by atoms with Crippen molar-refractivity contribution in [1.82, 2.24) is 20.9 Å². The Morgan fingerprint density at radius 2 is 2.08 bits per heavy atom. The van der Waals surface area contributed by atoms with Crippen LogP contribution in [0.1, 0.15) is 46.0 Å². The highest BCUT2D eigenvalue weighted by molar-refractivity contribution is 6.09. The summed E-state index contributed by atoms with van der Waals surface area (Å²) in [5, 5.41) is 9.16. The van der Waals surface area contributed by atoms with Gasteiger partial charge in [0.15, 0.2) is 0 Å². The summed E-state index contributed by atoms with van der Waals surface area (Å²) in [4.78, 5) is 38.6. The predicted molar refractivity (Wildman–Crippen MR) is 89.2 cm³/mol. The molecule has 0 aromatic heterocycles. The van der Waals surface area contributed by atoms with Gasteiger partial charge in [-0.25, -0.2) is 4.79 Å². The third-order valence-corrected chi connectivity index (χ3v) is 5.93. The van der Waals surface area contributed by atoms with Crippen LogP contribution in [0, 0.1) is 11.8 Å². The van der Waals surface area contributed by atoms with E-state index in [1.807, 2.05) is 6.92 Å². The van der Waals surface area contributed by atoms with Crippen molar-refractivity contribution in [2.45, 2.75) is 57.5 Å². The molecule has 1 saturated carbocycles. The summed E-state index contributed by atoms with van der Waals surface area (Å²) in [6, 6.07) is -0.329. The molecule has 2 saturated heterocycles. The molecule has 3 aliphatic rings. The lowest BCUT2D eigenvalue weighted by Gasteiger charge is -2.36. The predicted octanol–water partition coefficient (Wildman–Crippen LogP) is 0.601. The van der Waals surface area contributed by atoms with Crippen LogP contribution in [0.2, 0.25) is 0 Å². The van der Waals surface area contributed by atoms with Crippen molar-refractivity contribution in [3.05, 3.63) is 0 Å². The lowest BCUT2D eigenvalue weighted by atomic mass is 9.73. The molecule has 4 amide bonds.